The Hall–Kier alpha value is -3.91. The Kier molecular flexibility index (Phi) is 6.73. The second-order valence-corrected chi connectivity index (χ2v) is 8.25. The van der Waals surface area contributed by atoms with E-state index in [0.717, 1.165) is 25.1 Å². The summed E-state index contributed by atoms with van der Waals surface area (Å²) in [6, 6.07) is 2.07. The Labute approximate surface area is 203 Å². The van der Waals surface area contributed by atoms with Crippen molar-refractivity contribution in [3.63, 3.8) is 0 Å². The lowest BCUT2D eigenvalue weighted by Crippen LogP contribution is -2.59. The van der Waals surface area contributed by atoms with E-state index in [1.165, 1.54) is 12.2 Å². The summed E-state index contributed by atoms with van der Waals surface area (Å²) in [5.74, 6) is -3.94. The molecule has 13 heteroatoms. The number of aliphatic hydroxyl groups excluding tert-OH is 5. The largest absolute Gasteiger partial charge is 0.508 e. The van der Waals surface area contributed by atoms with Crippen LogP contribution in [0.15, 0.2) is 53.2 Å². The van der Waals surface area contributed by atoms with Crippen LogP contribution < -0.4 is 0 Å². The Morgan fingerprint density at radius 3 is 2.28 bits per heavy atom. The number of allylic oxidation sites excluding steroid dienone is 2. The highest BCUT2D eigenvalue weighted by molar-refractivity contribution is 5.72. The van der Waals surface area contributed by atoms with Gasteiger partial charge in [-0.3, -0.25) is 4.79 Å². The summed E-state index contributed by atoms with van der Waals surface area (Å²) in [6.07, 6.45) is -5.56. The van der Waals surface area contributed by atoms with Crippen molar-refractivity contribution in [3.05, 3.63) is 58.8 Å². The number of carbonyl (C=O) groups excluding carboxylic acids is 1. The SMILES string of the molecule is CC(=O)OCC1OC(OC2=C(c3cc(O)c(O)c(O)c3)OC3C=C(O)C=C(O)C3=C2)C(O)C(O)C1O. The second-order valence-electron chi connectivity index (χ2n) is 8.25. The van der Waals surface area contributed by atoms with Gasteiger partial charge >= 0.3 is 5.97 Å². The molecule has 0 spiro atoms. The van der Waals surface area contributed by atoms with E-state index >= 15 is 0 Å². The first-order chi connectivity index (χ1) is 17.0. The number of phenolic OH excluding ortho intramolecular Hbond substituents is 3. The monoisotopic (exact) mass is 508 g/mol. The van der Waals surface area contributed by atoms with Crippen LogP contribution in [0.3, 0.4) is 0 Å². The summed E-state index contributed by atoms with van der Waals surface area (Å²) in [4.78, 5) is 11.2. The van der Waals surface area contributed by atoms with Gasteiger partial charge in [-0.15, -0.1) is 0 Å². The van der Waals surface area contributed by atoms with Crippen molar-refractivity contribution >= 4 is 11.7 Å². The molecule has 0 radical (unpaired) electrons. The molecule has 0 bridgehead atoms. The summed E-state index contributed by atoms with van der Waals surface area (Å²) >= 11 is 0. The van der Waals surface area contributed by atoms with Crippen molar-refractivity contribution in [3.8, 4) is 17.2 Å². The minimum absolute atomic E-state index is 0.0163. The number of benzene rings is 1. The molecular formula is C23H24O13. The standard InChI is InChI=1S/C23H24O13/c1-8(24)33-7-17-19(30)20(31)21(32)23(36-17)35-16-6-11-12(26)4-10(25)5-15(11)34-22(16)9-2-13(27)18(29)14(28)3-9/h2-6,15,17,19-21,23,25-32H,7H2,1H3. The molecule has 194 valence electrons. The van der Waals surface area contributed by atoms with E-state index in [1.54, 1.807) is 0 Å². The van der Waals surface area contributed by atoms with Crippen LogP contribution in [-0.4, -0.2) is 90.2 Å². The number of hydrogen-bond donors (Lipinski definition) is 8. The average molecular weight is 508 g/mol. The van der Waals surface area contributed by atoms with E-state index < -0.39 is 66.6 Å². The van der Waals surface area contributed by atoms with Crippen LogP contribution in [0.4, 0.5) is 0 Å². The lowest BCUT2D eigenvalue weighted by molar-refractivity contribution is -0.291. The normalized spacial score (nSPS) is 29.8. The molecule has 1 aromatic rings. The summed E-state index contributed by atoms with van der Waals surface area (Å²) in [5.41, 5.74) is 0.110. The number of aromatic hydroxyl groups is 3. The maximum atomic E-state index is 11.2. The molecule has 36 heavy (non-hydrogen) atoms. The molecule has 0 amide bonds. The molecule has 0 aromatic heterocycles. The summed E-state index contributed by atoms with van der Waals surface area (Å²) in [7, 11) is 0. The fourth-order valence-corrected chi connectivity index (χ4v) is 3.82. The van der Waals surface area contributed by atoms with Gasteiger partial charge in [0.15, 0.2) is 28.8 Å². The van der Waals surface area contributed by atoms with Crippen molar-refractivity contribution in [1.82, 2.24) is 0 Å². The third-order valence-electron chi connectivity index (χ3n) is 5.66. The van der Waals surface area contributed by atoms with Gasteiger partial charge in [-0.05, 0) is 18.2 Å². The molecule has 1 aromatic carbocycles. The van der Waals surface area contributed by atoms with Crippen molar-refractivity contribution in [2.45, 2.75) is 43.7 Å². The fourth-order valence-electron chi connectivity index (χ4n) is 3.82. The Bertz CT molecular complexity index is 1160. The maximum Gasteiger partial charge on any atom is 0.302 e. The van der Waals surface area contributed by atoms with Crippen LogP contribution in [-0.2, 0) is 23.7 Å². The number of carbonyl (C=O) groups is 1. The van der Waals surface area contributed by atoms with Crippen LogP contribution in [0.25, 0.3) is 5.76 Å². The molecular weight excluding hydrogens is 484 g/mol. The first-order valence-corrected chi connectivity index (χ1v) is 10.7. The number of esters is 1. The zero-order chi connectivity index (χ0) is 26.3. The molecule has 2 heterocycles. The van der Waals surface area contributed by atoms with Gasteiger partial charge < -0.3 is 59.8 Å². The smallest absolute Gasteiger partial charge is 0.302 e. The third-order valence-corrected chi connectivity index (χ3v) is 5.66. The van der Waals surface area contributed by atoms with E-state index in [1.807, 2.05) is 0 Å². The number of rotatable bonds is 5. The fraction of sp³-hybridized carbons (Fsp3) is 0.348. The zero-order valence-corrected chi connectivity index (χ0v) is 18.7. The second kappa shape index (κ2) is 9.62. The van der Waals surface area contributed by atoms with Gasteiger partial charge in [0.2, 0.25) is 6.29 Å². The van der Waals surface area contributed by atoms with E-state index in [0.29, 0.717) is 0 Å². The predicted octanol–water partition coefficient (Wildman–Crippen LogP) is 0.0819. The molecule has 1 fully saturated rings. The highest BCUT2D eigenvalue weighted by Gasteiger charge is 2.46. The Morgan fingerprint density at radius 2 is 1.64 bits per heavy atom. The number of ether oxygens (including phenoxy) is 4. The number of hydrogen-bond acceptors (Lipinski definition) is 13. The highest BCUT2D eigenvalue weighted by Crippen LogP contribution is 2.42. The molecule has 6 atom stereocenters. The van der Waals surface area contributed by atoms with Gasteiger partial charge in [-0.25, -0.2) is 0 Å². The quantitative estimate of drug-likeness (QED) is 0.196. The Balaban J connectivity index is 1.74. The van der Waals surface area contributed by atoms with Crippen molar-refractivity contribution in [2.75, 3.05) is 6.61 Å². The third kappa shape index (κ3) is 4.77. The van der Waals surface area contributed by atoms with Crippen LogP contribution in [0, 0.1) is 0 Å². The van der Waals surface area contributed by atoms with E-state index in [9.17, 15) is 45.6 Å². The van der Waals surface area contributed by atoms with Gasteiger partial charge in [0, 0.05) is 30.2 Å². The average Bonchev–Trinajstić information content (AvgIpc) is 2.81. The van der Waals surface area contributed by atoms with Gasteiger partial charge in [0.25, 0.3) is 0 Å². The molecule has 4 rings (SSSR count). The number of phenols is 3. The van der Waals surface area contributed by atoms with Crippen LogP contribution in [0.2, 0.25) is 0 Å². The zero-order valence-electron chi connectivity index (χ0n) is 18.7. The molecule has 2 aliphatic heterocycles. The summed E-state index contributed by atoms with van der Waals surface area (Å²) in [6.45, 7) is 0.672. The van der Waals surface area contributed by atoms with Gasteiger partial charge in [0.1, 0.15) is 48.6 Å². The van der Waals surface area contributed by atoms with Crippen molar-refractivity contribution in [1.29, 1.82) is 0 Å². The van der Waals surface area contributed by atoms with Crippen molar-refractivity contribution < 1.29 is 64.6 Å². The lowest BCUT2D eigenvalue weighted by Gasteiger charge is -2.40. The summed E-state index contributed by atoms with van der Waals surface area (Å²) in [5, 5.41) is 80.7. The highest BCUT2D eigenvalue weighted by atomic mass is 16.7. The molecule has 1 saturated heterocycles. The minimum atomic E-state index is -1.79. The first-order valence-electron chi connectivity index (χ1n) is 10.7. The van der Waals surface area contributed by atoms with Crippen molar-refractivity contribution in [2.24, 2.45) is 0 Å². The maximum absolute atomic E-state index is 11.2. The predicted molar refractivity (Wildman–Crippen MR) is 117 cm³/mol. The van der Waals surface area contributed by atoms with Crippen LogP contribution >= 0.6 is 0 Å². The summed E-state index contributed by atoms with van der Waals surface area (Å²) < 4.78 is 21.9. The first kappa shape index (κ1) is 25.2. The minimum Gasteiger partial charge on any atom is -0.508 e. The number of fused-ring (bicyclic) bond motifs is 1. The molecule has 0 saturated carbocycles. The van der Waals surface area contributed by atoms with E-state index in [2.05, 4.69) is 0 Å². The van der Waals surface area contributed by atoms with Gasteiger partial charge in [0.05, 0.1) is 0 Å². The Morgan fingerprint density at radius 1 is 0.972 bits per heavy atom. The van der Waals surface area contributed by atoms with Gasteiger partial charge in [-0.2, -0.15) is 0 Å². The van der Waals surface area contributed by atoms with E-state index in [4.69, 9.17) is 18.9 Å². The lowest BCUT2D eigenvalue weighted by atomic mass is 9.96. The molecule has 6 unspecified atom stereocenters. The van der Waals surface area contributed by atoms with Crippen LogP contribution in [0.1, 0.15) is 12.5 Å². The molecule has 8 N–H and O–H groups in total. The molecule has 1 aliphatic carbocycles. The molecule has 13 nitrogen and oxygen atoms in total. The topological polar surface area (TPSA) is 216 Å². The molecule has 3 aliphatic rings. The number of aliphatic hydroxyl groups is 5. The van der Waals surface area contributed by atoms with E-state index in [-0.39, 0.29) is 34.2 Å². The van der Waals surface area contributed by atoms with Gasteiger partial charge in [-0.1, -0.05) is 0 Å². The van der Waals surface area contributed by atoms with Crippen LogP contribution in [0.5, 0.6) is 17.2 Å².